The summed E-state index contributed by atoms with van der Waals surface area (Å²) in [4.78, 5) is 22.0. The average molecular weight is 291 g/mol. The summed E-state index contributed by atoms with van der Waals surface area (Å²) in [6.07, 6.45) is 5.44. The second-order valence-electron chi connectivity index (χ2n) is 4.60. The second-order valence-corrected chi connectivity index (χ2v) is 5.49. The number of carbonyl (C=O) groups excluding carboxylic acids is 1. The molecule has 1 amide bonds. The van der Waals surface area contributed by atoms with Gasteiger partial charge in [0.25, 0.3) is 5.91 Å². The maximum Gasteiger partial charge on any atom is 0.324 e. The van der Waals surface area contributed by atoms with E-state index in [1.165, 1.54) is 12.1 Å². The molecular weight excluding hydrogens is 278 g/mol. The SMILES string of the molecule is N#CC(=Cc1csc([N+](=O)[O-])c1)C(=O)NC1CCCC1. The van der Waals surface area contributed by atoms with Gasteiger partial charge in [-0.05, 0) is 24.5 Å². The Kier molecular flexibility index (Phi) is 4.48. The van der Waals surface area contributed by atoms with Crippen LogP contribution in [0.15, 0.2) is 17.0 Å². The van der Waals surface area contributed by atoms with Crippen LogP contribution in [0.3, 0.4) is 0 Å². The van der Waals surface area contributed by atoms with E-state index < -0.39 is 10.8 Å². The topological polar surface area (TPSA) is 96.0 Å². The van der Waals surface area contributed by atoms with Crippen molar-refractivity contribution in [2.75, 3.05) is 0 Å². The van der Waals surface area contributed by atoms with Crippen molar-refractivity contribution in [2.45, 2.75) is 31.7 Å². The minimum atomic E-state index is -0.493. The summed E-state index contributed by atoms with van der Waals surface area (Å²) in [5.74, 6) is -0.409. The van der Waals surface area contributed by atoms with E-state index >= 15 is 0 Å². The van der Waals surface area contributed by atoms with Gasteiger partial charge < -0.3 is 5.32 Å². The molecule has 6 nitrogen and oxygen atoms in total. The summed E-state index contributed by atoms with van der Waals surface area (Å²) in [6.45, 7) is 0. The predicted molar refractivity (Wildman–Crippen MR) is 75.0 cm³/mol. The van der Waals surface area contributed by atoms with Gasteiger partial charge in [0, 0.05) is 17.5 Å². The van der Waals surface area contributed by atoms with Crippen molar-refractivity contribution in [1.29, 1.82) is 5.26 Å². The molecule has 7 heteroatoms. The van der Waals surface area contributed by atoms with Gasteiger partial charge in [0.05, 0.1) is 4.92 Å². The van der Waals surface area contributed by atoms with E-state index in [1.807, 2.05) is 6.07 Å². The Labute approximate surface area is 119 Å². The van der Waals surface area contributed by atoms with Crippen LogP contribution in [-0.2, 0) is 4.79 Å². The summed E-state index contributed by atoms with van der Waals surface area (Å²) in [6, 6.07) is 3.33. The standard InChI is InChI=1S/C13H13N3O3S/c14-7-10(13(17)15-11-3-1-2-4-11)5-9-6-12(16(18)19)20-8-9/h5-6,8,11H,1-4H2,(H,15,17). The van der Waals surface area contributed by atoms with Crippen LogP contribution < -0.4 is 5.32 Å². The van der Waals surface area contributed by atoms with E-state index in [0.29, 0.717) is 5.56 Å². The molecule has 0 atom stereocenters. The Bertz CT molecular complexity index is 594. The first-order valence-electron chi connectivity index (χ1n) is 6.25. The fraction of sp³-hybridized carbons (Fsp3) is 0.385. The molecule has 1 aromatic rings. The molecule has 1 N–H and O–H groups in total. The molecule has 0 unspecified atom stereocenters. The third kappa shape index (κ3) is 3.42. The quantitative estimate of drug-likeness (QED) is 0.399. The molecule has 20 heavy (non-hydrogen) atoms. The van der Waals surface area contributed by atoms with E-state index in [2.05, 4.69) is 5.32 Å². The van der Waals surface area contributed by atoms with Gasteiger partial charge in [-0.25, -0.2) is 0 Å². The van der Waals surface area contributed by atoms with Crippen molar-refractivity contribution in [3.63, 3.8) is 0 Å². The average Bonchev–Trinajstić information content (AvgIpc) is 3.06. The van der Waals surface area contributed by atoms with Crippen LogP contribution in [0.5, 0.6) is 0 Å². The molecule has 0 spiro atoms. The highest BCUT2D eigenvalue weighted by Crippen LogP contribution is 2.24. The Morgan fingerprint density at radius 3 is 2.80 bits per heavy atom. The van der Waals surface area contributed by atoms with Gasteiger partial charge in [0.15, 0.2) is 0 Å². The zero-order valence-electron chi connectivity index (χ0n) is 10.7. The normalized spacial score (nSPS) is 15.8. The van der Waals surface area contributed by atoms with Gasteiger partial charge in [-0.1, -0.05) is 24.2 Å². The number of nitrogens with one attached hydrogen (secondary N) is 1. The fourth-order valence-electron chi connectivity index (χ4n) is 2.16. The zero-order chi connectivity index (χ0) is 14.5. The number of hydrogen-bond acceptors (Lipinski definition) is 5. The summed E-state index contributed by atoms with van der Waals surface area (Å²) >= 11 is 0.970. The predicted octanol–water partition coefficient (Wildman–Crippen LogP) is 2.62. The highest BCUT2D eigenvalue weighted by Gasteiger charge is 2.19. The Balaban J connectivity index is 2.09. The third-order valence-electron chi connectivity index (χ3n) is 3.15. The molecule has 1 aliphatic carbocycles. The number of rotatable bonds is 4. The van der Waals surface area contributed by atoms with Crippen LogP contribution in [0, 0.1) is 21.4 Å². The highest BCUT2D eigenvalue weighted by atomic mass is 32.1. The van der Waals surface area contributed by atoms with Gasteiger partial charge in [-0.2, -0.15) is 5.26 Å². The van der Waals surface area contributed by atoms with E-state index in [4.69, 9.17) is 5.26 Å². The van der Waals surface area contributed by atoms with Crippen molar-refractivity contribution in [3.8, 4) is 6.07 Å². The van der Waals surface area contributed by atoms with Crippen molar-refractivity contribution >= 4 is 28.3 Å². The van der Waals surface area contributed by atoms with Gasteiger partial charge in [-0.15, -0.1) is 0 Å². The fourth-order valence-corrected chi connectivity index (χ4v) is 2.84. The van der Waals surface area contributed by atoms with Crippen LogP contribution in [0.25, 0.3) is 6.08 Å². The molecule has 0 aromatic carbocycles. The molecule has 1 fully saturated rings. The first kappa shape index (κ1) is 14.2. The number of nitro groups is 1. The van der Waals surface area contributed by atoms with Crippen molar-refractivity contribution in [3.05, 3.63) is 32.7 Å². The molecular formula is C13H13N3O3S. The lowest BCUT2D eigenvalue weighted by atomic mass is 10.1. The van der Waals surface area contributed by atoms with E-state index in [-0.39, 0.29) is 16.6 Å². The van der Waals surface area contributed by atoms with Crippen LogP contribution >= 0.6 is 11.3 Å². The molecule has 1 saturated carbocycles. The molecule has 0 radical (unpaired) electrons. The molecule has 0 bridgehead atoms. The van der Waals surface area contributed by atoms with E-state index in [9.17, 15) is 14.9 Å². The minimum Gasteiger partial charge on any atom is -0.349 e. The highest BCUT2D eigenvalue weighted by molar-refractivity contribution is 7.13. The summed E-state index contributed by atoms with van der Waals surface area (Å²) in [7, 11) is 0. The van der Waals surface area contributed by atoms with Crippen molar-refractivity contribution < 1.29 is 9.72 Å². The van der Waals surface area contributed by atoms with Gasteiger partial charge in [-0.3, -0.25) is 14.9 Å². The van der Waals surface area contributed by atoms with E-state index in [0.717, 1.165) is 37.0 Å². The molecule has 1 heterocycles. The molecule has 1 aliphatic rings. The summed E-state index contributed by atoms with van der Waals surface area (Å²) in [5.41, 5.74) is 0.476. The smallest absolute Gasteiger partial charge is 0.324 e. The number of thiophene rings is 1. The first-order chi connectivity index (χ1) is 9.60. The van der Waals surface area contributed by atoms with Gasteiger partial charge >= 0.3 is 5.00 Å². The van der Waals surface area contributed by atoms with Crippen LogP contribution in [0.2, 0.25) is 0 Å². The Hall–Kier alpha value is -2.20. The zero-order valence-corrected chi connectivity index (χ0v) is 11.5. The lowest BCUT2D eigenvalue weighted by Gasteiger charge is -2.10. The van der Waals surface area contributed by atoms with Crippen LogP contribution in [0.4, 0.5) is 5.00 Å². The monoisotopic (exact) mass is 291 g/mol. The number of hydrogen-bond donors (Lipinski definition) is 1. The molecule has 1 aromatic heterocycles. The maximum atomic E-state index is 11.9. The Morgan fingerprint density at radius 2 is 2.25 bits per heavy atom. The van der Waals surface area contributed by atoms with Gasteiger partial charge in [0.1, 0.15) is 11.6 Å². The molecule has 0 saturated heterocycles. The second kappa shape index (κ2) is 6.30. The summed E-state index contributed by atoms with van der Waals surface area (Å²) in [5, 5.41) is 24.0. The third-order valence-corrected chi connectivity index (χ3v) is 4.05. The lowest BCUT2D eigenvalue weighted by molar-refractivity contribution is -0.380. The van der Waals surface area contributed by atoms with Crippen LogP contribution in [-0.4, -0.2) is 16.9 Å². The van der Waals surface area contributed by atoms with Crippen LogP contribution in [0.1, 0.15) is 31.2 Å². The molecule has 2 rings (SSSR count). The van der Waals surface area contributed by atoms with Crippen molar-refractivity contribution in [2.24, 2.45) is 0 Å². The van der Waals surface area contributed by atoms with Gasteiger partial charge in [0.2, 0.25) is 0 Å². The number of amides is 1. The summed E-state index contributed by atoms with van der Waals surface area (Å²) < 4.78 is 0. The lowest BCUT2D eigenvalue weighted by Crippen LogP contribution is -2.33. The first-order valence-corrected chi connectivity index (χ1v) is 7.13. The minimum absolute atomic E-state index is 0.00950. The molecule has 0 aliphatic heterocycles. The largest absolute Gasteiger partial charge is 0.349 e. The molecule has 104 valence electrons. The number of nitrogens with zero attached hydrogens (tertiary/aromatic N) is 2. The number of carbonyl (C=O) groups is 1. The Morgan fingerprint density at radius 1 is 1.55 bits per heavy atom. The maximum absolute atomic E-state index is 11.9. The van der Waals surface area contributed by atoms with Crippen molar-refractivity contribution in [1.82, 2.24) is 5.32 Å². The van der Waals surface area contributed by atoms with E-state index in [1.54, 1.807) is 5.38 Å². The number of nitriles is 1.